The van der Waals surface area contributed by atoms with Gasteiger partial charge in [0.25, 0.3) is 0 Å². The van der Waals surface area contributed by atoms with Crippen molar-refractivity contribution in [3.05, 3.63) is 0 Å². The van der Waals surface area contributed by atoms with Crippen LogP contribution >= 0.6 is 0 Å². The van der Waals surface area contributed by atoms with Crippen LogP contribution in [0.2, 0.25) is 0 Å². The molecule has 0 radical (unpaired) electrons. The highest BCUT2D eigenvalue weighted by molar-refractivity contribution is 5.07. The van der Waals surface area contributed by atoms with Gasteiger partial charge in [0.15, 0.2) is 0 Å². The zero-order chi connectivity index (χ0) is 8.89. The summed E-state index contributed by atoms with van der Waals surface area (Å²) in [4.78, 5) is 0. The largest absolute Gasteiger partial charge is 0.394 e. The minimum absolute atomic E-state index is 0.162. The van der Waals surface area contributed by atoms with E-state index in [1.165, 1.54) is 38.5 Å². The minimum Gasteiger partial charge on any atom is -0.394 e. The quantitative estimate of drug-likeness (QED) is 0.687. The molecule has 3 aliphatic carbocycles. The van der Waals surface area contributed by atoms with Crippen molar-refractivity contribution in [1.82, 2.24) is 5.32 Å². The van der Waals surface area contributed by atoms with Crippen LogP contribution in [0.1, 0.15) is 38.5 Å². The van der Waals surface area contributed by atoms with Gasteiger partial charge in [0, 0.05) is 11.6 Å². The SMILES string of the molecule is OCC1(NC2CCC[C@H]3C[C@@H]23)CC1. The van der Waals surface area contributed by atoms with Crippen LogP contribution in [0.5, 0.6) is 0 Å². The first-order valence-electron chi connectivity index (χ1n) is 5.72. The van der Waals surface area contributed by atoms with Gasteiger partial charge in [0.1, 0.15) is 0 Å². The molecule has 3 saturated carbocycles. The van der Waals surface area contributed by atoms with E-state index < -0.39 is 0 Å². The van der Waals surface area contributed by atoms with Crippen molar-refractivity contribution in [1.29, 1.82) is 0 Å². The molecule has 0 aromatic rings. The summed E-state index contributed by atoms with van der Waals surface area (Å²) >= 11 is 0. The fourth-order valence-electron chi connectivity index (χ4n) is 2.98. The topological polar surface area (TPSA) is 32.3 Å². The number of hydrogen-bond acceptors (Lipinski definition) is 2. The highest BCUT2D eigenvalue weighted by Crippen LogP contribution is 2.51. The number of aliphatic hydroxyl groups is 1. The van der Waals surface area contributed by atoms with Gasteiger partial charge in [-0.3, -0.25) is 0 Å². The van der Waals surface area contributed by atoms with Gasteiger partial charge in [-0.15, -0.1) is 0 Å². The lowest BCUT2D eigenvalue weighted by Crippen LogP contribution is -2.44. The Balaban J connectivity index is 1.60. The molecule has 3 atom stereocenters. The molecule has 13 heavy (non-hydrogen) atoms. The molecule has 74 valence electrons. The summed E-state index contributed by atoms with van der Waals surface area (Å²) in [6, 6.07) is 0.744. The van der Waals surface area contributed by atoms with Crippen LogP contribution in [0.3, 0.4) is 0 Å². The fourth-order valence-corrected chi connectivity index (χ4v) is 2.98. The predicted octanol–water partition coefficient (Wildman–Crippen LogP) is 1.29. The Morgan fingerprint density at radius 2 is 2.15 bits per heavy atom. The maximum absolute atomic E-state index is 9.22. The molecule has 1 unspecified atom stereocenters. The number of nitrogens with one attached hydrogen (secondary N) is 1. The summed E-state index contributed by atoms with van der Waals surface area (Å²) in [5.74, 6) is 2.01. The second-order valence-electron chi connectivity index (χ2n) is 5.28. The molecular weight excluding hydrogens is 162 g/mol. The molecule has 0 saturated heterocycles. The summed E-state index contributed by atoms with van der Waals surface area (Å²) in [5.41, 5.74) is 0.162. The first-order chi connectivity index (χ1) is 6.33. The number of fused-ring (bicyclic) bond motifs is 1. The Kier molecular flexibility index (Phi) is 1.72. The van der Waals surface area contributed by atoms with E-state index in [2.05, 4.69) is 5.32 Å². The highest BCUT2D eigenvalue weighted by Gasteiger charge is 2.50. The van der Waals surface area contributed by atoms with Gasteiger partial charge >= 0.3 is 0 Å². The van der Waals surface area contributed by atoms with Crippen LogP contribution < -0.4 is 5.32 Å². The van der Waals surface area contributed by atoms with Crippen LogP contribution in [0.25, 0.3) is 0 Å². The molecule has 0 heterocycles. The van der Waals surface area contributed by atoms with E-state index in [-0.39, 0.29) is 5.54 Å². The van der Waals surface area contributed by atoms with Crippen LogP contribution in [0.15, 0.2) is 0 Å². The fraction of sp³-hybridized carbons (Fsp3) is 1.00. The van der Waals surface area contributed by atoms with Gasteiger partial charge in [0.2, 0.25) is 0 Å². The van der Waals surface area contributed by atoms with E-state index in [9.17, 15) is 5.11 Å². The van der Waals surface area contributed by atoms with Crippen molar-refractivity contribution >= 4 is 0 Å². The lowest BCUT2D eigenvalue weighted by Gasteiger charge is -2.27. The molecule has 0 bridgehead atoms. The molecule has 3 aliphatic rings. The van der Waals surface area contributed by atoms with Crippen molar-refractivity contribution in [3.8, 4) is 0 Å². The molecule has 0 spiro atoms. The van der Waals surface area contributed by atoms with Gasteiger partial charge in [0.05, 0.1) is 6.61 Å². The molecule has 0 aromatic carbocycles. The Hall–Kier alpha value is -0.0800. The average Bonchev–Trinajstić information content (AvgIpc) is 2.98. The average molecular weight is 181 g/mol. The summed E-state index contributed by atoms with van der Waals surface area (Å²) in [6.45, 7) is 0.348. The Labute approximate surface area is 79.7 Å². The predicted molar refractivity (Wildman–Crippen MR) is 51.4 cm³/mol. The van der Waals surface area contributed by atoms with Crippen molar-refractivity contribution in [2.45, 2.75) is 50.1 Å². The third-order valence-corrected chi connectivity index (χ3v) is 4.23. The normalized spacial score (nSPS) is 45.5. The van der Waals surface area contributed by atoms with Crippen LogP contribution in [0, 0.1) is 11.8 Å². The summed E-state index contributed by atoms with van der Waals surface area (Å²) < 4.78 is 0. The molecule has 2 heteroatoms. The van der Waals surface area contributed by atoms with Gasteiger partial charge < -0.3 is 10.4 Å². The second-order valence-corrected chi connectivity index (χ2v) is 5.28. The third kappa shape index (κ3) is 1.40. The van der Waals surface area contributed by atoms with E-state index in [0.717, 1.165) is 17.9 Å². The van der Waals surface area contributed by atoms with Crippen LogP contribution in [-0.2, 0) is 0 Å². The zero-order valence-corrected chi connectivity index (χ0v) is 8.13. The Morgan fingerprint density at radius 3 is 2.85 bits per heavy atom. The van der Waals surface area contributed by atoms with E-state index >= 15 is 0 Å². The third-order valence-electron chi connectivity index (χ3n) is 4.23. The Bertz CT molecular complexity index is 212. The van der Waals surface area contributed by atoms with Crippen LogP contribution in [-0.4, -0.2) is 23.3 Å². The molecule has 2 N–H and O–H groups in total. The van der Waals surface area contributed by atoms with Gasteiger partial charge in [-0.2, -0.15) is 0 Å². The lowest BCUT2D eigenvalue weighted by molar-refractivity contribution is 0.202. The highest BCUT2D eigenvalue weighted by atomic mass is 16.3. The standard InChI is InChI=1S/C11H19NO/c13-7-11(4-5-11)12-10-3-1-2-8-6-9(8)10/h8-10,12-13H,1-7H2/t8-,9+,10?/m0/s1. The zero-order valence-electron chi connectivity index (χ0n) is 8.13. The van der Waals surface area contributed by atoms with Gasteiger partial charge in [-0.05, 0) is 37.5 Å². The number of hydrogen-bond donors (Lipinski definition) is 2. The molecule has 3 rings (SSSR count). The monoisotopic (exact) mass is 181 g/mol. The van der Waals surface area contributed by atoms with Gasteiger partial charge in [-0.1, -0.05) is 12.8 Å². The van der Waals surface area contributed by atoms with Crippen LogP contribution in [0.4, 0.5) is 0 Å². The summed E-state index contributed by atoms with van der Waals surface area (Å²) in [6.07, 6.45) is 8.06. The first-order valence-corrected chi connectivity index (χ1v) is 5.72. The number of aliphatic hydroxyl groups excluding tert-OH is 1. The van der Waals surface area contributed by atoms with E-state index in [4.69, 9.17) is 0 Å². The molecule has 3 fully saturated rings. The number of rotatable bonds is 3. The maximum Gasteiger partial charge on any atom is 0.0613 e. The van der Waals surface area contributed by atoms with Crippen molar-refractivity contribution in [2.75, 3.05) is 6.61 Å². The Morgan fingerprint density at radius 1 is 1.31 bits per heavy atom. The van der Waals surface area contributed by atoms with E-state index in [0.29, 0.717) is 6.61 Å². The molecular formula is C11H19NO. The molecule has 0 aliphatic heterocycles. The smallest absolute Gasteiger partial charge is 0.0613 e. The molecule has 0 amide bonds. The first kappa shape index (κ1) is 8.25. The lowest BCUT2D eigenvalue weighted by atomic mass is 9.94. The van der Waals surface area contributed by atoms with Crippen molar-refractivity contribution in [2.24, 2.45) is 11.8 Å². The summed E-state index contributed by atoms with van der Waals surface area (Å²) in [5, 5.41) is 12.9. The molecule has 2 nitrogen and oxygen atoms in total. The summed E-state index contributed by atoms with van der Waals surface area (Å²) in [7, 11) is 0. The van der Waals surface area contributed by atoms with E-state index in [1.54, 1.807) is 0 Å². The maximum atomic E-state index is 9.22. The van der Waals surface area contributed by atoms with Crippen molar-refractivity contribution < 1.29 is 5.11 Å². The van der Waals surface area contributed by atoms with Crippen molar-refractivity contribution in [3.63, 3.8) is 0 Å². The van der Waals surface area contributed by atoms with E-state index in [1.807, 2.05) is 0 Å². The van der Waals surface area contributed by atoms with Gasteiger partial charge in [-0.25, -0.2) is 0 Å². The second kappa shape index (κ2) is 2.71. The molecule has 0 aromatic heterocycles. The minimum atomic E-state index is 0.162.